The molecule has 104 valence electrons. The molecule has 0 amide bonds. The van der Waals surface area contributed by atoms with Gasteiger partial charge in [-0.2, -0.15) is 5.10 Å². The predicted molar refractivity (Wildman–Crippen MR) is 73.0 cm³/mol. The highest BCUT2D eigenvalue weighted by atomic mass is 32.2. The second-order valence-electron chi connectivity index (χ2n) is 3.91. The summed E-state index contributed by atoms with van der Waals surface area (Å²) in [5.74, 6) is 0.690. The summed E-state index contributed by atoms with van der Waals surface area (Å²) in [6.07, 6.45) is 0. The van der Waals surface area contributed by atoms with E-state index in [9.17, 15) is 8.42 Å². The van der Waals surface area contributed by atoms with E-state index in [1.165, 1.54) is 0 Å². The highest BCUT2D eigenvalue weighted by Crippen LogP contribution is 2.21. The van der Waals surface area contributed by atoms with Crippen LogP contribution in [0.15, 0.2) is 0 Å². The maximum atomic E-state index is 11.5. The van der Waals surface area contributed by atoms with Crippen molar-refractivity contribution in [1.82, 2.24) is 14.5 Å². The van der Waals surface area contributed by atoms with Gasteiger partial charge in [-0.25, -0.2) is 17.8 Å². The second kappa shape index (κ2) is 6.05. The molecule has 1 aromatic heterocycles. The Balaban J connectivity index is 2.64. The molecule has 1 rings (SSSR count). The Morgan fingerprint density at radius 1 is 1.39 bits per heavy atom. The molecule has 0 saturated carbocycles. The van der Waals surface area contributed by atoms with Crippen LogP contribution in [0.3, 0.4) is 0 Å². The van der Waals surface area contributed by atoms with Crippen molar-refractivity contribution in [1.29, 1.82) is 0 Å². The molecule has 8 heteroatoms. The molecule has 0 aliphatic heterocycles. The number of nitrogens with zero attached hydrogens (tertiary/aromatic N) is 2. The van der Waals surface area contributed by atoms with E-state index in [2.05, 4.69) is 15.1 Å². The van der Waals surface area contributed by atoms with Gasteiger partial charge in [-0.05, 0) is 13.8 Å². The Morgan fingerprint density at radius 3 is 2.61 bits per heavy atom. The van der Waals surface area contributed by atoms with Gasteiger partial charge in [0, 0.05) is 19.6 Å². The van der Waals surface area contributed by atoms with Crippen LogP contribution in [-0.4, -0.2) is 37.0 Å². The van der Waals surface area contributed by atoms with Crippen LogP contribution in [-0.2, 0) is 16.6 Å². The van der Waals surface area contributed by atoms with Crippen molar-refractivity contribution in [2.24, 2.45) is 0 Å². The average Bonchev–Trinajstić information content (AvgIpc) is 2.56. The Labute approximate surface area is 108 Å². The number of nitrogens with two attached hydrogens (primary N) is 1. The molecular weight excluding hydrogens is 254 g/mol. The first-order valence-corrected chi connectivity index (χ1v) is 7.60. The van der Waals surface area contributed by atoms with E-state index >= 15 is 0 Å². The zero-order valence-electron chi connectivity index (χ0n) is 11.0. The van der Waals surface area contributed by atoms with Gasteiger partial charge in [0.2, 0.25) is 10.0 Å². The Morgan fingerprint density at radius 2 is 2.06 bits per heavy atom. The maximum Gasteiger partial charge on any atom is 0.213 e. The van der Waals surface area contributed by atoms with Crippen LogP contribution in [0.4, 0.5) is 11.5 Å². The third kappa shape index (κ3) is 3.61. The summed E-state index contributed by atoms with van der Waals surface area (Å²) in [4.78, 5) is 0. The summed E-state index contributed by atoms with van der Waals surface area (Å²) in [5.41, 5.74) is 7.19. The average molecular weight is 275 g/mol. The summed E-state index contributed by atoms with van der Waals surface area (Å²) >= 11 is 0. The van der Waals surface area contributed by atoms with E-state index in [-0.39, 0.29) is 5.75 Å². The Bertz CT molecular complexity index is 495. The number of sulfonamides is 1. The van der Waals surface area contributed by atoms with Crippen LogP contribution >= 0.6 is 0 Å². The lowest BCUT2D eigenvalue weighted by Crippen LogP contribution is -2.29. The topological polar surface area (TPSA) is 102 Å². The van der Waals surface area contributed by atoms with Crippen molar-refractivity contribution in [3.63, 3.8) is 0 Å². The first-order valence-electron chi connectivity index (χ1n) is 5.95. The molecule has 0 saturated heterocycles. The normalized spacial score (nSPS) is 11.7. The molecule has 0 unspecified atom stereocenters. The predicted octanol–water partition coefficient (Wildman–Crippen LogP) is 0.145. The molecule has 0 aliphatic carbocycles. The quantitative estimate of drug-likeness (QED) is 0.657. The summed E-state index contributed by atoms with van der Waals surface area (Å²) in [6, 6.07) is 0. The van der Waals surface area contributed by atoms with Crippen LogP contribution in [0.1, 0.15) is 19.5 Å². The molecule has 0 aliphatic rings. The van der Waals surface area contributed by atoms with Gasteiger partial charge in [-0.1, -0.05) is 6.92 Å². The highest BCUT2D eigenvalue weighted by molar-refractivity contribution is 7.89. The third-order valence-corrected chi connectivity index (χ3v) is 3.97. The van der Waals surface area contributed by atoms with Gasteiger partial charge in [0.15, 0.2) is 0 Å². The molecule has 0 spiro atoms. The molecule has 0 fully saturated rings. The fourth-order valence-corrected chi connectivity index (χ4v) is 2.56. The largest absolute Gasteiger partial charge is 0.394 e. The lowest BCUT2D eigenvalue weighted by molar-refractivity contribution is 0.584. The molecular formula is C10H21N5O2S. The van der Waals surface area contributed by atoms with Crippen molar-refractivity contribution < 1.29 is 8.42 Å². The Kier molecular flexibility index (Phi) is 4.97. The van der Waals surface area contributed by atoms with Crippen molar-refractivity contribution >= 4 is 21.5 Å². The number of anilines is 2. The molecule has 18 heavy (non-hydrogen) atoms. The van der Waals surface area contributed by atoms with Crippen molar-refractivity contribution in [2.45, 2.75) is 27.3 Å². The van der Waals surface area contributed by atoms with Gasteiger partial charge in [0.1, 0.15) is 5.82 Å². The van der Waals surface area contributed by atoms with E-state index < -0.39 is 10.0 Å². The molecule has 0 aromatic carbocycles. The van der Waals surface area contributed by atoms with Crippen molar-refractivity contribution in [2.75, 3.05) is 29.9 Å². The van der Waals surface area contributed by atoms with Crippen LogP contribution < -0.4 is 15.8 Å². The summed E-state index contributed by atoms with van der Waals surface area (Å²) < 4.78 is 27.1. The number of nitrogen functional groups attached to an aromatic ring is 1. The SMILES string of the molecule is CCNS(=O)(=O)CCNc1c(N)c(C)nn1CC. The zero-order chi connectivity index (χ0) is 13.8. The standard InChI is InChI=1S/C10H21N5O2S/c1-4-13-18(16,17)7-6-12-10-9(11)8(3)14-15(10)5-2/h12-13H,4-7,11H2,1-3H3. The fraction of sp³-hybridized carbons (Fsp3) is 0.700. The monoisotopic (exact) mass is 275 g/mol. The number of rotatable bonds is 7. The van der Waals surface area contributed by atoms with E-state index in [4.69, 9.17) is 5.73 Å². The lowest BCUT2D eigenvalue weighted by atomic mass is 10.4. The van der Waals surface area contributed by atoms with Crippen molar-refractivity contribution in [3.8, 4) is 0 Å². The van der Waals surface area contributed by atoms with Gasteiger partial charge in [0.05, 0.1) is 17.1 Å². The van der Waals surface area contributed by atoms with Gasteiger partial charge >= 0.3 is 0 Å². The lowest BCUT2D eigenvalue weighted by Gasteiger charge is -2.09. The minimum absolute atomic E-state index is 0.00816. The van der Waals surface area contributed by atoms with Crippen molar-refractivity contribution in [3.05, 3.63) is 5.69 Å². The number of hydrogen-bond donors (Lipinski definition) is 3. The van der Waals surface area contributed by atoms with Crippen LogP contribution in [0.2, 0.25) is 0 Å². The van der Waals surface area contributed by atoms with Gasteiger partial charge in [-0.3, -0.25) is 0 Å². The first-order chi connectivity index (χ1) is 8.41. The molecule has 0 bridgehead atoms. The van der Waals surface area contributed by atoms with Gasteiger partial charge < -0.3 is 11.1 Å². The number of aryl methyl sites for hydroxylation is 2. The van der Waals surface area contributed by atoms with Crippen LogP contribution in [0, 0.1) is 6.92 Å². The minimum atomic E-state index is -3.21. The van der Waals surface area contributed by atoms with Crippen LogP contribution in [0.25, 0.3) is 0 Å². The summed E-state index contributed by atoms with van der Waals surface area (Å²) in [5, 5.41) is 7.27. The smallest absolute Gasteiger partial charge is 0.213 e. The molecule has 1 aromatic rings. The maximum absolute atomic E-state index is 11.5. The molecule has 7 nitrogen and oxygen atoms in total. The summed E-state index contributed by atoms with van der Waals surface area (Å²) in [6.45, 7) is 6.90. The first kappa shape index (κ1) is 14.8. The third-order valence-electron chi connectivity index (χ3n) is 2.50. The van der Waals surface area contributed by atoms with Gasteiger partial charge in [-0.15, -0.1) is 0 Å². The molecule has 4 N–H and O–H groups in total. The highest BCUT2D eigenvalue weighted by Gasteiger charge is 2.13. The fourth-order valence-electron chi connectivity index (χ4n) is 1.61. The number of hydrogen-bond acceptors (Lipinski definition) is 5. The molecule has 1 heterocycles. The van der Waals surface area contributed by atoms with E-state index in [0.29, 0.717) is 31.1 Å². The molecule has 0 atom stereocenters. The zero-order valence-corrected chi connectivity index (χ0v) is 11.8. The number of nitrogens with one attached hydrogen (secondary N) is 2. The van der Waals surface area contributed by atoms with E-state index in [0.717, 1.165) is 5.69 Å². The van der Waals surface area contributed by atoms with E-state index in [1.54, 1.807) is 11.6 Å². The summed E-state index contributed by atoms with van der Waals surface area (Å²) in [7, 11) is -3.21. The van der Waals surface area contributed by atoms with Gasteiger partial charge in [0.25, 0.3) is 0 Å². The second-order valence-corrected chi connectivity index (χ2v) is 5.83. The molecule has 0 radical (unpaired) electrons. The number of aromatic nitrogens is 2. The Hall–Kier alpha value is -1.28. The van der Waals surface area contributed by atoms with Crippen LogP contribution in [0.5, 0.6) is 0 Å². The minimum Gasteiger partial charge on any atom is -0.394 e. The van der Waals surface area contributed by atoms with E-state index in [1.807, 2.05) is 13.8 Å².